The van der Waals surface area contributed by atoms with Crippen molar-refractivity contribution in [3.05, 3.63) is 47.7 Å². The Morgan fingerprint density at radius 3 is 2.43 bits per heavy atom. The molecule has 9 nitrogen and oxygen atoms in total. The van der Waals surface area contributed by atoms with Crippen molar-refractivity contribution in [1.82, 2.24) is 24.0 Å². The number of carbonyl (C=O) groups excluding carboxylic acids is 1. The maximum Gasteiger partial charge on any atom is 0.264 e. The van der Waals surface area contributed by atoms with Gasteiger partial charge in [0.25, 0.3) is 5.91 Å². The van der Waals surface area contributed by atoms with E-state index in [2.05, 4.69) is 10.1 Å². The summed E-state index contributed by atoms with van der Waals surface area (Å²) in [5.74, 6) is -0.112. The molecule has 0 bridgehead atoms. The lowest BCUT2D eigenvalue weighted by Crippen LogP contribution is -2.50. The number of aryl methyl sites for hydroxylation is 1. The normalized spacial score (nSPS) is 15.3. The van der Waals surface area contributed by atoms with Crippen LogP contribution in [0, 0.1) is 0 Å². The van der Waals surface area contributed by atoms with Gasteiger partial charge < -0.3 is 9.64 Å². The predicted octanol–water partition coefficient (Wildman–Crippen LogP) is 1.70. The molecular weight excluding hydrogens is 426 g/mol. The zero-order valence-electron chi connectivity index (χ0n) is 16.6. The minimum absolute atomic E-state index is 0.112. The van der Waals surface area contributed by atoms with Gasteiger partial charge in [-0.2, -0.15) is 9.40 Å². The molecule has 0 unspecified atom stereocenters. The summed E-state index contributed by atoms with van der Waals surface area (Å²) in [5, 5.41) is 5.01. The van der Waals surface area contributed by atoms with Gasteiger partial charge in [0.2, 0.25) is 10.0 Å². The van der Waals surface area contributed by atoms with E-state index in [1.165, 1.54) is 26.5 Å². The van der Waals surface area contributed by atoms with E-state index < -0.39 is 10.0 Å². The van der Waals surface area contributed by atoms with Gasteiger partial charge in [0.15, 0.2) is 5.06 Å². The highest BCUT2D eigenvalue weighted by Crippen LogP contribution is 2.29. The number of sulfonamides is 1. The van der Waals surface area contributed by atoms with Gasteiger partial charge in [-0.3, -0.25) is 14.5 Å². The molecule has 158 valence electrons. The van der Waals surface area contributed by atoms with E-state index in [0.717, 1.165) is 0 Å². The van der Waals surface area contributed by atoms with Gasteiger partial charge in [0, 0.05) is 57.4 Å². The summed E-state index contributed by atoms with van der Waals surface area (Å²) in [6.07, 6.45) is 4.72. The molecule has 0 N–H and O–H groups in total. The number of ether oxygens (including phenoxy) is 1. The molecule has 30 heavy (non-hydrogen) atoms. The first-order valence-electron chi connectivity index (χ1n) is 9.27. The molecule has 4 heterocycles. The maximum absolute atomic E-state index is 13.3. The maximum atomic E-state index is 13.3. The highest BCUT2D eigenvalue weighted by molar-refractivity contribution is 7.89. The number of nitrogens with zero attached hydrogens (tertiary/aromatic N) is 5. The van der Waals surface area contributed by atoms with Crippen LogP contribution in [-0.2, 0) is 17.1 Å². The Balaban J connectivity index is 1.52. The summed E-state index contributed by atoms with van der Waals surface area (Å²) in [6, 6.07) is 6.94. The molecule has 1 saturated heterocycles. The van der Waals surface area contributed by atoms with Crippen molar-refractivity contribution in [1.29, 1.82) is 0 Å². The third kappa shape index (κ3) is 3.83. The number of amides is 1. The molecule has 1 aliphatic heterocycles. The van der Waals surface area contributed by atoms with E-state index in [4.69, 9.17) is 4.74 Å². The van der Waals surface area contributed by atoms with Gasteiger partial charge in [0.05, 0.1) is 12.0 Å². The Bertz CT molecular complexity index is 1150. The lowest BCUT2D eigenvalue weighted by atomic mass is 10.2. The summed E-state index contributed by atoms with van der Waals surface area (Å²) in [7, 11) is -0.511. The van der Waals surface area contributed by atoms with E-state index in [9.17, 15) is 13.2 Å². The summed E-state index contributed by atoms with van der Waals surface area (Å²) in [5.41, 5.74) is 1.08. The fourth-order valence-corrected chi connectivity index (χ4v) is 5.74. The first-order valence-corrected chi connectivity index (χ1v) is 11.5. The van der Waals surface area contributed by atoms with E-state index in [-0.39, 0.29) is 23.9 Å². The van der Waals surface area contributed by atoms with Gasteiger partial charge >= 0.3 is 0 Å². The minimum atomic E-state index is -3.76. The molecule has 0 saturated carbocycles. The van der Waals surface area contributed by atoms with Crippen molar-refractivity contribution in [3.8, 4) is 16.3 Å². The predicted molar refractivity (Wildman–Crippen MR) is 112 cm³/mol. The van der Waals surface area contributed by atoms with Crippen LogP contribution in [0.4, 0.5) is 0 Å². The lowest BCUT2D eigenvalue weighted by Gasteiger charge is -2.33. The SMILES string of the molecule is COc1ccc(C(=O)N2CCN(S(=O)(=O)c3cn(C)nc3-c3ccncc3)CC2)s1. The molecule has 0 atom stereocenters. The van der Waals surface area contributed by atoms with Gasteiger partial charge in [-0.25, -0.2) is 8.42 Å². The van der Waals surface area contributed by atoms with Gasteiger partial charge in [-0.15, -0.1) is 0 Å². The molecule has 1 fully saturated rings. The number of hydrogen-bond donors (Lipinski definition) is 0. The van der Waals surface area contributed by atoms with Crippen LogP contribution in [-0.4, -0.2) is 71.6 Å². The van der Waals surface area contributed by atoms with Crippen LogP contribution in [0.2, 0.25) is 0 Å². The Hall–Kier alpha value is -2.76. The monoisotopic (exact) mass is 447 g/mol. The van der Waals surface area contributed by atoms with E-state index >= 15 is 0 Å². The number of methoxy groups -OCH3 is 1. The van der Waals surface area contributed by atoms with Crippen LogP contribution in [0.1, 0.15) is 9.67 Å². The van der Waals surface area contributed by atoms with Gasteiger partial charge in [-0.1, -0.05) is 11.3 Å². The Kier molecular flexibility index (Phi) is 5.58. The summed E-state index contributed by atoms with van der Waals surface area (Å²) >= 11 is 1.28. The minimum Gasteiger partial charge on any atom is -0.487 e. The van der Waals surface area contributed by atoms with Crippen LogP contribution >= 0.6 is 11.3 Å². The Morgan fingerprint density at radius 1 is 1.10 bits per heavy atom. The number of carbonyl (C=O) groups is 1. The van der Waals surface area contributed by atoms with E-state index in [1.807, 2.05) is 0 Å². The van der Waals surface area contributed by atoms with E-state index in [0.29, 0.717) is 34.3 Å². The quantitative estimate of drug-likeness (QED) is 0.591. The lowest BCUT2D eigenvalue weighted by molar-refractivity contribution is 0.0703. The first kappa shape index (κ1) is 20.5. The largest absolute Gasteiger partial charge is 0.487 e. The molecule has 11 heteroatoms. The van der Waals surface area contributed by atoms with Crippen molar-refractivity contribution < 1.29 is 17.9 Å². The van der Waals surface area contributed by atoms with Crippen molar-refractivity contribution in [2.45, 2.75) is 4.90 Å². The number of hydrogen-bond acceptors (Lipinski definition) is 7. The second-order valence-corrected chi connectivity index (χ2v) is 9.72. The third-order valence-electron chi connectivity index (χ3n) is 4.89. The number of thiophene rings is 1. The Morgan fingerprint density at radius 2 is 1.80 bits per heavy atom. The third-order valence-corrected chi connectivity index (χ3v) is 7.82. The van der Waals surface area contributed by atoms with Gasteiger partial charge in [-0.05, 0) is 24.3 Å². The van der Waals surface area contributed by atoms with Crippen LogP contribution < -0.4 is 4.74 Å². The second-order valence-electron chi connectivity index (χ2n) is 6.77. The fraction of sp³-hybridized carbons (Fsp3) is 0.316. The topological polar surface area (TPSA) is 97.6 Å². The van der Waals surface area contributed by atoms with Crippen molar-refractivity contribution >= 4 is 27.3 Å². The molecule has 0 spiro atoms. The molecule has 3 aromatic rings. The van der Waals surface area contributed by atoms with Crippen molar-refractivity contribution in [2.75, 3.05) is 33.3 Å². The van der Waals surface area contributed by atoms with Crippen LogP contribution in [0.15, 0.2) is 47.8 Å². The highest BCUT2D eigenvalue weighted by Gasteiger charge is 2.34. The highest BCUT2D eigenvalue weighted by atomic mass is 32.2. The van der Waals surface area contributed by atoms with Crippen LogP contribution in [0.3, 0.4) is 0 Å². The second kappa shape index (κ2) is 8.17. The molecule has 3 aromatic heterocycles. The van der Waals surface area contributed by atoms with Crippen LogP contribution in [0.5, 0.6) is 5.06 Å². The average molecular weight is 448 g/mol. The summed E-state index contributed by atoms with van der Waals surface area (Å²) in [4.78, 5) is 19.1. The number of aromatic nitrogens is 3. The Labute approximate surface area is 178 Å². The average Bonchev–Trinajstić information content (AvgIpc) is 3.41. The summed E-state index contributed by atoms with van der Waals surface area (Å²) in [6.45, 7) is 1.09. The first-order chi connectivity index (χ1) is 14.4. The van der Waals surface area contributed by atoms with Crippen LogP contribution in [0.25, 0.3) is 11.3 Å². The molecule has 4 rings (SSSR count). The zero-order chi connectivity index (χ0) is 21.3. The number of rotatable bonds is 5. The zero-order valence-corrected chi connectivity index (χ0v) is 18.2. The molecule has 1 amide bonds. The fourth-order valence-electron chi connectivity index (χ4n) is 3.34. The molecular formula is C19H21N5O4S2. The molecule has 0 aromatic carbocycles. The number of piperazine rings is 1. The molecule has 1 aliphatic rings. The molecule has 0 radical (unpaired) electrons. The van der Waals surface area contributed by atoms with Gasteiger partial charge in [0.1, 0.15) is 10.6 Å². The van der Waals surface area contributed by atoms with Crippen molar-refractivity contribution in [2.24, 2.45) is 7.05 Å². The molecule has 0 aliphatic carbocycles. The van der Waals surface area contributed by atoms with E-state index in [1.54, 1.807) is 55.7 Å². The standard InChI is InChI=1S/C19H21N5O4S2/c1-22-13-16(18(21-22)14-5-7-20-8-6-14)30(26,27)24-11-9-23(10-12-24)19(25)15-3-4-17(28-2)29-15/h3-8,13H,9-12H2,1-2H3. The number of pyridine rings is 1. The summed E-state index contributed by atoms with van der Waals surface area (Å²) < 4.78 is 34.7. The smallest absolute Gasteiger partial charge is 0.264 e. The van der Waals surface area contributed by atoms with Crippen molar-refractivity contribution in [3.63, 3.8) is 0 Å².